The first-order valence-electron chi connectivity index (χ1n) is 5.75. The molecule has 0 spiro atoms. The molecule has 1 aromatic carbocycles. The molecule has 3 rings (SSSR count). The van der Waals surface area contributed by atoms with Gasteiger partial charge in [0.2, 0.25) is 0 Å². The molecule has 0 saturated carbocycles. The van der Waals surface area contributed by atoms with Crippen LogP contribution in [0, 0.1) is 0 Å². The molecule has 2 aromatic rings. The highest BCUT2D eigenvalue weighted by atomic mass is 79.9. The van der Waals surface area contributed by atoms with Crippen molar-refractivity contribution in [2.45, 2.75) is 6.04 Å². The van der Waals surface area contributed by atoms with Gasteiger partial charge in [0.1, 0.15) is 13.2 Å². The standard InChI is InChI=1S/C13H11Br2NO2S/c14-8-6-11(19-13(8)15)12(16)7-1-2-9-10(5-7)18-4-3-17-9/h1-2,5-6,12H,3-4,16H2. The first-order valence-corrected chi connectivity index (χ1v) is 8.15. The van der Waals surface area contributed by atoms with E-state index >= 15 is 0 Å². The maximum absolute atomic E-state index is 6.30. The molecule has 0 saturated heterocycles. The van der Waals surface area contributed by atoms with E-state index in [4.69, 9.17) is 15.2 Å². The van der Waals surface area contributed by atoms with E-state index in [1.165, 1.54) is 0 Å². The lowest BCUT2D eigenvalue weighted by molar-refractivity contribution is 0.171. The van der Waals surface area contributed by atoms with Crippen molar-refractivity contribution in [3.8, 4) is 11.5 Å². The minimum absolute atomic E-state index is 0.163. The lowest BCUT2D eigenvalue weighted by atomic mass is 10.1. The third kappa shape index (κ3) is 2.67. The largest absolute Gasteiger partial charge is 0.486 e. The van der Waals surface area contributed by atoms with E-state index in [9.17, 15) is 0 Å². The molecule has 0 radical (unpaired) electrons. The maximum atomic E-state index is 6.30. The van der Waals surface area contributed by atoms with Gasteiger partial charge >= 0.3 is 0 Å². The third-order valence-corrected chi connectivity index (χ3v) is 6.24. The molecular formula is C13H11Br2NO2S. The van der Waals surface area contributed by atoms with Crippen LogP contribution in [0.4, 0.5) is 0 Å². The van der Waals surface area contributed by atoms with E-state index in [1.54, 1.807) is 11.3 Å². The molecule has 6 heteroatoms. The summed E-state index contributed by atoms with van der Waals surface area (Å²) in [6.07, 6.45) is 0. The van der Waals surface area contributed by atoms with Crippen LogP contribution in [-0.4, -0.2) is 13.2 Å². The normalized spacial score (nSPS) is 15.3. The molecule has 1 atom stereocenters. The van der Waals surface area contributed by atoms with Gasteiger partial charge in [0, 0.05) is 9.35 Å². The minimum Gasteiger partial charge on any atom is -0.486 e. The Kier molecular flexibility index (Phi) is 3.84. The molecule has 19 heavy (non-hydrogen) atoms. The molecule has 2 heterocycles. The van der Waals surface area contributed by atoms with E-state index in [1.807, 2.05) is 24.3 Å². The van der Waals surface area contributed by atoms with Crippen LogP contribution in [0.1, 0.15) is 16.5 Å². The number of halogens is 2. The number of hydrogen-bond acceptors (Lipinski definition) is 4. The highest BCUT2D eigenvalue weighted by molar-refractivity contribution is 9.13. The summed E-state index contributed by atoms with van der Waals surface area (Å²) < 4.78 is 13.2. The van der Waals surface area contributed by atoms with Crippen LogP contribution >= 0.6 is 43.2 Å². The molecule has 0 amide bonds. The Morgan fingerprint density at radius 2 is 1.84 bits per heavy atom. The lowest BCUT2D eigenvalue weighted by Crippen LogP contribution is -2.16. The summed E-state index contributed by atoms with van der Waals surface area (Å²) in [4.78, 5) is 1.09. The average molecular weight is 405 g/mol. The topological polar surface area (TPSA) is 44.5 Å². The fourth-order valence-corrected chi connectivity index (χ4v) is 4.05. The van der Waals surface area contributed by atoms with Crippen LogP contribution in [-0.2, 0) is 0 Å². The summed E-state index contributed by atoms with van der Waals surface area (Å²) in [5.41, 5.74) is 7.32. The Bertz CT molecular complexity index is 595. The molecule has 1 aliphatic rings. The van der Waals surface area contributed by atoms with Crippen LogP contribution in [0.15, 0.2) is 32.5 Å². The van der Waals surface area contributed by atoms with Crippen molar-refractivity contribution < 1.29 is 9.47 Å². The van der Waals surface area contributed by atoms with Crippen molar-refractivity contribution in [1.82, 2.24) is 0 Å². The Balaban J connectivity index is 1.93. The van der Waals surface area contributed by atoms with Gasteiger partial charge in [0.15, 0.2) is 11.5 Å². The van der Waals surface area contributed by atoms with Crippen molar-refractivity contribution in [1.29, 1.82) is 0 Å². The second-order valence-electron chi connectivity index (χ2n) is 4.15. The Labute approximate surface area is 132 Å². The van der Waals surface area contributed by atoms with Crippen LogP contribution in [0.3, 0.4) is 0 Å². The average Bonchev–Trinajstić information content (AvgIpc) is 2.77. The van der Waals surface area contributed by atoms with Crippen molar-refractivity contribution in [2.75, 3.05) is 13.2 Å². The highest BCUT2D eigenvalue weighted by Crippen LogP contribution is 2.39. The van der Waals surface area contributed by atoms with Gasteiger partial charge in [0.25, 0.3) is 0 Å². The summed E-state index contributed by atoms with van der Waals surface area (Å²) >= 11 is 8.60. The lowest BCUT2D eigenvalue weighted by Gasteiger charge is -2.20. The summed E-state index contributed by atoms with van der Waals surface area (Å²) in [5.74, 6) is 1.56. The summed E-state index contributed by atoms with van der Waals surface area (Å²) in [6.45, 7) is 1.19. The van der Waals surface area contributed by atoms with Crippen LogP contribution in [0.2, 0.25) is 0 Å². The smallest absolute Gasteiger partial charge is 0.161 e. The third-order valence-electron chi connectivity index (χ3n) is 2.90. The Morgan fingerprint density at radius 1 is 1.11 bits per heavy atom. The van der Waals surface area contributed by atoms with E-state index in [-0.39, 0.29) is 6.04 Å². The fraction of sp³-hybridized carbons (Fsp3) is 0.231. The van der Waals surface area contributed by atoms with Gasteiger partial charge < -0.3 is 15.2 Å². The first kappa shape index (κ1) is 13.4. The molecule has 0 aliphatic carbocycles. The number of thiophene rings is 1. The second kappa shape index (κ2) is 5.44. The van der Waals surface area contributed by atoms with E-state index < -0.39 is 0 Å². The molecule has 0 fully saturated rings. The predicted octanol–water partition coefficient (Wildman–Crippen LogP) is 4.09. The fourth-order valence-electron chi connectivity index (χ4n) is 1.93. The zero-order valence-electron chi connectivity index (χ0n) is 9.86. The zero-order valence-corrected chi connectivity index (χ0v) is 13.8. The van der Waals surface area contributed by atoms with Crippen LogP contribution in [0.25, 0.3) is 0 Å². The van der Waals surface area contributed by atoms with Gasteiger partial charge in [-0.25, -0.2) is 0 Å². The molecule has 3 nitrogen and oxygen atoms in total. The molecule has 1 aromatic heterocycles. The predicted molar refractivity (Wildman–Crippen MR) is 83.2 cm³/mol. The van der Waals surface area contributed by atoms with E-state index in [0.717, 1.165) is 30.2 Å². The molecular weight excluding hydrogens is 394 g/mol. The Morgan fingerprint density at radius 3 is 2.53 bits per heavy atom. The van der Waals surface area contributed by atoms with Gasteiger partial charge in [0.05, 0.1) is 9.83 Å². The maximum Gasteiger partial charge on any atom is 0.161 e. The first-order chi connectivity index (χ1) is 9.15. The summed E-state index contributed by atoms with van der Waals surface area (Å²) in [7, 11) is 0. The number of ether oxygens (including phenoxy) is 2. The van der Waals surface area contributed by atoms with Crippen LogP contribution < -0.4 is 15.2 Å². The minimum atomic E-state index is -0.163. The second-order valence-corrected chi connectivity index (χ2v) is 7.41. The number of fused-ring (bicyclic) bond motifs is 1. The molecule has 1 unspecified atom stereocenters. The van der Waals surface area contributed by atoms with Crippen molar-refractivity contribution in [2.24, 2.45) is 5.73 Å². The van der Waals surface area contributed by atoms with Crippen LogP contribution in [0.5, 0.6) is 11.5 Å². The molecule has 2 N–H and O–H groups in total. The van der Waals surface area contributed by atoms with E-state index in [0.29, 0.717) is 13.2 Å². The molecule has 0 bridgehead atoms. The summed E-state index contributed by atoms with van der Waals surface area (Å²) in [5, 5.41) is 0. The molecule has 1 aliphatic heterocycles. The van der Waals surface area contributed by atoms with Gasteiger partial charge in [-0.1, -0.05) is 6.07 Å². The SMILES string of the molecule is NC(c1ccc2c(c1)OCCO2)c1cc(Br)c(Br)s1. The van der Waals surface area contributed by atoms with E-state index in [2.05, 4.69) is 31.9 Å². The van der Waals surface area contributed by atoms with Gasteiger partial charge in [-0.05, 0) is 55.6 Å². The van der Waals surface area contributed by atoms with Gasteiger partial charge in [-0.3, -0.25) is 0 Å². The monoisotopic (exact) mass is 403 g/mol. The van der Waals surface area contributed by atoms with Gasteiger partial charge in [-0.2, -0.15) is 0 Å². The van der Waals surface area contributed by atoms with Crippen molar-refractivity contribution in [3.05, 3.63) is 43.0 Å². The summed E-state index contributed by atoms with van der Waals surface area (Å²) in [6, 6.07) is 7.74. The number of rotatable bonds is 2. The van der Waals surface area contributed by atoms with Crippen molar-refractivity contribution >= 4 is 43.2 Å². The van der Waals surface area contributed by atoms with Gasteiger partial charge in [-0.15, -0.1) is 11.3 Å². The molecule has 100 valence electrons. The number of nitrogens with two attached hydrogens (primary N) is 1. The zero-order chi connectivity index (χ0) is 13.4. The van der Waals surface area contributed by atoms with Crippen molar-refractivity contribution in [3.63, 3.8) is 0 Å². The quantitative estimate of drug-likeness (QED) is 0.819. The number of benzene rings is 1. The Hall–Kier alpha value is -0.560. The number of hydrogen-bond donors (Lipinski definition) is 1. The highest BCUT2D eigenvalue weighted by Gasteiger charge is 2.18.